The Bertz CT molecular complexity index is 1490. The van der Waals surface area contributed by atoms with E-state index in [0.717, 1.165) is 12.3 Å². The minimum atomic E-state index is -4.45. The quantitative estimate of drug-likeness (QED) is 0.228. The lowest BCUT2D eigenvalue weighted by Gasteiger charge is -2.31. The van der Waals surface area contributed by atoms with E-state index >= 15 is 0 Å². The molecule has 1 aliphatic heterocycles. The highest BCUT2D eigenvalue weighted by atomic mass is 35.5. The van der Waals surface area contributed by atoms with E-state index in [2.05, 4.69) is 26.8 Å². The van der Waals surface area contributed by atoms with Crippen molar-refractivity contribution in [1.82, 2.24) is 15.0 Å². The minimum Gasteiger partial charge on any atom is -0.481 e. The van der Waals surface area contributed by atoms with Crippen molar-refractivity contribution in [3.05, 3.63) is 88.1 Å². The zero-order chi connectivity index (χ0) is 25.0. The standard InChI is InChI=1S/C26H16ClF4N3O/c1-25(2)23-22(33-24(34-23)21-18(27)4-3-5-19(21)28)17-11-7-14(12-20(17)35-25)6-9-16-10-8-15(13-32-16)26(29,30)31/h3-5,7-8,10-13H,1-2H3,(H,33,34). The Labute approximate surface area is 203 Å². The van der Waals surface area contributed by atoms with Crippen LogP contribution in [0.5, 0.6) is 5.75 Å². The molecule has 0 bridgehead atoms. The molecule has 0 amide bonds. The SMILES string of the molecule is CC1(C)Oc2cc(C#Cc3ccc(C(F)(F)F)cn3)ccc2-c2[nH]c(-c3c(F)cccc3Cl)nc21. The number of aromatic amines is 1. The molecule has 0 unspecified atom stereocenters. The van der Waals surface area contributed by atoms with Gasteiger partial charge in [0.05, 0.1) is 21.8 Å². The summed E-state index contributed by atoms with van der Waals surface area (Å²) in [6, 6.07) is 11.9. The third-order valence-electron chi connectivity index (χ3n) is 5.52. The second-order valence-corrected chi connectivity index (χ2v) is 8.82. The van der Waals surface area contributed by atoms with E-state index < -0.39 is 23.2 Å². The lowest BCUT2D eigenvalue weighted by Crippen LogP contribution is -2.29. The van der Waals surface area contributed by atoms with E-state index in [-0.39, 0.29) is 16.3 Å². The molecule has 4 nitrogen and oxygen atoms in total. The van der Waals surface area contributed by atoms with Crippen molar-refractivity contribution >= 4 is 11.6 Å². The van der Waals surface area contributed by atoms with Gasteiger partial charge in [-0.1, -0.05) is 23.6 Å². The van der Waals surface area contributed by atoms with Gasteiger partial charge in [-0.15, -0.1) is 0 Å². The lowest BCUT2D eigenvalue weighted by atomic mass is 9.94. The van der Waals surface area contributed by atoms with Gasteiger partial charge in [0, 0.05) is 17.3 Å². The number of hydrogen-bond acceptors (Lipinski definition) is 3. The molecular weight excluding hydrogens is 482 g/mol. The average Bonchev–Trinajstić information content (AvgIpc) is 3.23. The van der Waals surface area contributed by atoms with E-state index in [0.29, 0.717) is 34.1 Å². The number of ether oxygens (including phenoxy) is 1. The number of halogens is 5. The largest absolute Gasteiger partial charge is 0.481 e. The van der Waals surface area contributed by atoms with Crippen LogP contribution in [-0.2, 0) is 11.8 Å². The minimum absolute atomic E-state index is 0.174. The molecule has 2 aromatic heterocycles. The van der Waals surface area contributed by atoms with Crippen molar-refractivity contribution < 1.29 is 22.3 Å². The summed E-state index contributed by atoms with van der Waals surface area (Å²) in [5.74, 6) is 5.99. The van der Waals surface area contributed by atoms with Crippen LogP contribution in [-0.4, -0.2) is 15.0 Å². The fraction of sp³-hybridized carbons (Fsp3) is 0.154. The van der Waals surface area contributed by atoms with Gasteiger partial charge in [-0.3, -0.25) is 0 Å². The van der Waals surface area contributed by atoms with Crippen LogP contribution in [0.2, 0.25) is 5.02 Å². The predicted octanol–water partition coefficient (Wildman–Crippen LogP) is 6.98. The molecule has 0 saturated carbocycles. The first-order valence-electron chi connectivity index (χ1n) is 10.5. The average molecular weight is 498 g/mol. The first kappa shape index (κ1) is 22.9. The van der Waals surface area contributed by atoms with Crippen molar-refractivity contribution in [3.8, 4) is 40.2 Å². The Morgan fingerprint density at radius 3 is 2.54 bits per heavy atom. The highest BCUT2D eigenvalue weighted by Crippen LogP contribution is 2.45. The van der Waals surface area contributed by atoms with Crippen LogP contribution in [0, 0.1) is 17.7 Å². The van der Waals surface area contributed by atoms with E-state index in [4.69, 9.17) is 16.3 Å². The molecule has 5 rings (SSSR count). The monoisotopic (exact) mass is 497 g/mol. The van der Waals surface area contributed by atoms with Crippen molar-refractivity contribution in [2.45, 2.75) is 25.6 Å². The predicted molar refractivity (Wildman–Crippen MR) is 123 cm³/mol. The van der Waals surface area contributed by atoms with E-state index in [1.165, 1.54) is 18.2 Å². The maximum absolute atomic E-state index is 14.5. The molecule has 1 N–H and O–H groups in total. The molecule has 0 radical (unpaired) electrons. The Balaban J connectivity index is 1.51. The molecule has 0 aliphatic carbocycles. The number of hydrogen-bond donors (Lipinski definition) is 1. The van der Waals surface area contributed by atoms with Gasteiger partial charge in [-0.2, -0.15) is 13.2 Å². The zero-order valence-corrected chi connectivity index (χ0v) is 19.1. The summed E-state index contributed by atoms with van der Waals surface area (Å²) in [4.78, 5) is 11.5. The highest BCUT2D eigenvalue weighted by molar-refractivity contribution is 6.33. The number of nitrogens with zero attached hydrogens (tertiary/aromatic N) is 2. The number of nitrogens with one attached hydrogen (secondary N) is 1. The van der Waals surface area contributed by atoms with Crippen molar-refractivity contribution in [2.75, 3.05) is 0 Å². The number of pyridine rings is 1. The molecule has 4 aromatic rings. The van der Waals surface area contributed by atoms with E-state index in [1.54, 1.807) is 24.3 Å². The van der Waals surface area contributed by atoms with Gasteiger partial charge in [-0.05, 0) is 62.2 Å². The number of H-pyrrole nitrogens is 1. The van der Waals surface area contributed by atoms with Crippen LogP contribution < -0.4 is 4.74 Å². The van der Waals surface area contributed by atoms with Gasteiger partial charge in [0.1, 0.15) is 34.4 Å². The molecule has 0 atom stereocenters. The van der Waals surface area contributed by atoms with Crippen LogP contribution in [0.25, 0.3) is 22.6 Å². The second kappa shape index (κ2) is 8.14. The van der Waals surface area contributed by atoms with Crippen LogP contribution in [0.3, 0.4) is 0 Å². The number of rotatable bonds is 1. The number of alkyl halides is 3. The maximum Gasteiger partial charge on any atom is 0.417 e. The molecular formula is C26H16ClF4N3O. The summed E-state index contributed by atoms with van der Waals surface area (Å²) in [6.07, 6.45) is -3.70. The number of aromatic nitrogens is 3. The molecule has 0 fully saturated rings. The van der Waals surface area contributed by atoms with Crippen molar-refractivity contribution in [3.63, 3.8) is 0 Å². The lowest BCUT2D eigenvalue weighted by molar-refractivity contribution is -0.137. The van der Waals surface area contributed by atoms with Crippen molar-refractivity contribution in [1.29, 1.82) is 0 Å². The fourth-order valence-electron chi connectivity index (χ4n) is 3.83. The number of benzene rings is 2. The number of imidazole rings is 1. The molecule has 0 saturated heterocycles. The summed E-state index contributed by atoms with van der Waals surface area (Å²) in [7, 11) is 0. The van der Waals surface area contributed by atoms with E-state index in [9.17, 15) is 17.6 Å². The molecule has 176 valence electrons. The molecule has 3 heterocycles. The molecule has 1 aliphatic rings. The van der Waals surface area contributed by atoms with Crippen LogP contribution in [0.4, 0.5) is 17.6 Å². The van der Waals surface area contributed by atoms with Gasteiger partial charge in [0.25, 0.3) is 0 Å². The van der Waals surface area contributed by atoms with Crippen LogP contribution in [0.1, 0.15) is 36.4 Å². The highest BCUT2D eigenvalue weighted by Gasteiger charge is 2.37. The van der Waals surface area contributed by atoms with Gasteiger partial charge in [0.2, 0.25) is 0 Å². The van der Waals surface area contributed by atoms with Gasteiger partial charge in [0.15, 0.2) is 0 Å². The second-order valence-electron chi connectivity index (χ2n) is 8.41. The summed E-state index contributed by atoms with van der Waals surface area (Å²) >= 11 is 6.23. The Kier molecular flexibility index (Phi) is 5.33. The van der Waals surface area contributed by atoms with E-state index in [1.807, 2.05) is 13.8 Å². The van der Waals surface area contributed by atoms with Gasteiger partial charge in [-0.25, -0.2) is 14.4 Å². The summed E-state index contributed by atoms with van der Waals surface area (Å²) in [5.41, 5.74) is 1.29. The molecule has 2 aromatic carbocycles. The van der Waals surface area contributed by atoms with Gasteiger partial charge < -0.3 is 9.72 Å². The summed E-state index contributed by atoms with van der Waals surface area (Å²) in [5, 5.41) is 0.234. The zero-order valence-electron chi connectivity index (χ0n) is 18.4. The van der Waals surface area contributed by atoms with Crippen LogP contribution in [0.15, 0.2) is 54.7 Å². The van der Waals surface area contributed by atoms with Gasteiger partial charge >= 0.3 is 6.18 Å². The summed E-state index contributed by atoms with van der Waals surface area (Å²) in [6.45, 7) is 3.68. The third kappa shape index (κ3) is 4.24. The summed E-state index contributed by atoms with van der Waals surface area (Å²) < 4.78 is 58.8. The van der Waals surface area contributed by atoms with Crippen LogP contribution >= 0.6 is 11.6 Å². The Morgan fingerprint density at radius 2 is 1.86 bits per heavy atom. The number of fused-ring (bicyclic) bond motifs is 3. The molecule has 0 spiro atoms. The topological polar surface area (TPSA) is 50.8 Å². The molecule has 9 heteroatoms. The Hall–Kier alpha value is -3.83. The normalized spacial score (nSPS) is 13.8. The van der Waals surface area contributed by atoms with Crippen molar-refractivity contribution in [2.24, 2.45) is 0 Å². The third-order valence-corrected chi connectivity index (χ3v) is 5.83. The Morgan fingerprint density at radius 1 is 1.06 bits per heavy atom. The first-order valence-corrected chi connectivity index (χ1v) is 10.8. The smallest absolute Gasteiger partial charge is 0.417 e. The fourth-order valence-corrected chi connectivity index (χ4v) is 4.08. The first-order chi connectivity index (χ1) is 16.5. The molecule has 35 heavy (non-hydrogen) atoms. The maximum atomic E-state index is 14.5.